The molecule has 1 saturated heterocycles. The topological polar surface area (TPSA) is 58.6 Å². The molecule has 138 valence electrons. The highest BCUT2D eigenvalue weighted by molar-refractivity contribution is 5.94. The van der Waals surface area contributed by atoms with Crippen molar-refractivity contribution < 1.29 is 14.3 Å². The third kappa shape index (κ3) is 4.74. The lowest BCUT2D eigenvalue weighted by molar-refractivity contribution is -0.141. The van der Waals surface area contributed by atoms with Crippen molar-refractivity contribution in [3.05, 3.63) is 29.8 Å². The van der Waals surface area contributed by atoms with E-state index in [2.05, 4.69) is 19.2 Å². The van der Waals surface area contributed by atoms with E-state index in [0.29, 0.717) is 38.5 Å². The molecule has 1 unspecified atom stereocenters. The summed E-state index contributed by atoms with van der Waals surface area (Å²) in [6, 6.07) is 7.71. The number of nitrogens with zero attached hydrogens (tertiary/aromatic N) is 1. The molecular formula is C20H30N2O3. The Morgan fingerprint density at radius 3 is 2.60 bits per heavy atom. The number of carbonyl (C=O) groups excluding carboxylic acids is 2. The summed E-state index contributed by atoms with van der Waals surface area (Å²) in [5, 5.41) is 3.01. The normalized spacial score (nSPS) is 20.2. The standard InChI is InChI=1S/C20H30N2O3/c1-5-25-17-8-6-16(7-9-17)14-22-18(23)10-12-20(22,4)19(24)21-13-11-15(2)3/h6-9,15H,5,10-14H2,1-4H3,(H,21,24). The van der Waals surface area contributed by atoms with Crippen molar-refractivity contribution in [1.29, 1.82) is 0 Å². The number of benzene rings is 1. The lowest BCUT2D eigenvalue weighted by Gasteiger charge is -2.34. The van der Waals surface area contributed by atoms with E-state index in [0.717, 1.165) is 17.7 Å². The fourth-order valence-corrected chi connectivity index (χ4v) is 3.10. The highest BCUT2D eigenvalue weighted by Crippen LogP contribution is 2.32. The summed E-state index contributed by atoms with van der Waals surface area (Å²) in [5.41, 5.74) is 0.229. The first kappa shape index (κ1) is 19.3. The molecule has 1 heterocycles. The molecule has 0 aromatic heterocycles. The minimum Gasteiger partial charge on any atom is -0.494 e. The Morgan fingerprint density at radius 2 is 2.00 bits per heavy atom. The Bertz CT molecular complexity index is 597. The molecule has 1 aliphatic heterocycles. The average Bonchev–Trinajstić information content (AvgIpc) is 2.86. The van der Waals surface area contributed by atoms with E-state index >= 15 is 0 Å². The molecule has 2 amide bonds. The van der Waals surface area contributed by atoms with Crippen molar-refractivity contribution in [1.82, 2.24) is 10.2 Å². The van der Waals surface area contributed by atoms with Crippen molar-refractivity contribution >= 4 is 11.8 Å². The van der Waals surface area contributed by atoms with Crippen LogP contribution in [0.1, 0.15) is 52.5 Å². The van der Waals surface area contributed by atoms with Crippen molar-refractivity contribution in [2.24, 2.45) is 5.92 Å². The zero-order valence-corrected chi connectivity index (χ0v) is 15.8. The van der Waals surface area contributed by atoms with Crippen molar-refractivity contribution in [2.45, 2.75) is 59.0 Å². The molecule has 2 rings (SSSR count). The zero-order valence-electron chi connectivity index (χ0n) is 15.8. The van der Waals surface area contributed by atoms with E-state index in [1.165, 1.54) is 0 Å². The molecule has 0 radical (unpaired) electrons. The van der Waals surface area contributed by atoms with Gasteiger partial charge in [0.2, 0.25) is 11.8 Å². The highest BCUT2D eigenvalue weighted by atomic mass is 16.5. The highest BCUT2D eigenvalue weighted by Gasteiger charge is 2.46. The molecular weight excluding hydrogens is 316 g/mol. The van der Waals surface area contributed by atoms with Gasteiger partial charge in [-0.1, -0.05) is 26.0 Å². The van der Waals surface area contributed by atoms with Crippen LogP contribution in [0.3, 0.4) is 0 Å². The molecule has 0 saturated carbocycles. The molecule has 1 aromatic carbocycles. The van der Waals surface area contributed by atoms with Crippen LogP contribution in [-0.4, -0.2) is 35.4 Å². The molecule has 0 aliphatic carbocycles. The number of amides is 2. The summed E-state index contributed by atoms with van der Waals surface area (Å²) in [6.07, 6.45) is 1.93. The first-order chi connectivity index (χ1) is 11.9. The van der Waals surface area contributed by atoms with E-state index in [9.17, 15) is 9.59 Å². The molecule has 1 atom stereocenters. The number of hydrogen-bond acceptors (Lipinski definition) is 3. The van der Waals surface area contributed by atoms with Gasteiger partial charge >= 0.3 is 0 Å². The predicted molar refractivity (Wildman–Crippen MR) is 98.3 cm³/mol. The smallest absolute Gasteiger partial charge is 0.245 e. The third-order valence-electron chi connectivity index (χ3n) is 4.79. The maximum atomic E-state index is 12.7. The zero-order chi connectivity index (χ0) is 18.4. The second-order valence-corrected chi connectivity index (χ2v) is 7.27. The summed E-state index contributed by atoms with van der Waals surface area (Å²) in [5.74, 6) is 1.34. The summed E-state index contributed by atoms with van der Waals surface area (Å²) < 4.78 is 5.45. The van der Waals surface area contributed by atoms with Gasteiger partial charge in [0.15, 0.2) is 0 Å². The monoisotopic (exact) mass is 346 g/mol. The van der Waals surface area contributed by atoms with Gasteiger partial charge in [-0.15, -0.1) is 0 Å². The second kappa shape index (κ2) is 8.37. The number of nitrogens with one attached hydrogen (secondary N) is 1. The largest absolute Gasteiger partial charge is 0.494 e. The second-order valence-electron chi connectivity index (χ2n) is 7.27. The lowest BCUT2D eigenvalue weighted by atomic mass is 9.96. The average molecular weight is 346 g/mol. The van der Waals surface area contributed by atoms with Crippen LogP contribution in [-0.2, 0) is 16.1 Å². The number of likely N-dealkylation sites (tertiary alicyclic amines) is 1. The minimum absolute atomic E-state index is 0.0374. The van der Waals surface area contributed by atoms with Crippen LogP contribution in [0, 0.1) is 5.92 Å². The first-order valence-electron chi connectivity index (χ1n) is 9.17. The first-order valence-corrected chi connectivity index (χ1v) is 9.17. The summed E-state index contributed by atoms with van der Waals surface area (Å²) >= 11 is 0. The number of carbonyl (C=O) groups is 2. The maximum Gasteiger partial charge on any atom is 0.245 e. The quantitative estimate of drug-likeness (QED) is 0.787. The van der Waals surface area contributed by atoms with Crippen LogP contribution < -0.4 is 10.1 Å². The van der Waals surface area contributed by atoms with Crippen molar-refractivity contribution in [3.63, 3.8) is 0 Å². The summed E-state index contributed by atoms with van der Waals surface area (Å²) in [7, 11) is 0. The van der Waals surface area contributed by atoms with Crippen LogP contribution in [0.2, 0.25) is 0 Å². The number of rotatable bonds is 8. The van der Waals surface area contributed by atoms with Crippen LogP contribution in [0.15, 0.2) is 24.3 Å². The molecule has 1 aromatic rings. The molecule has 5 nitrogen and oxygen atoms in total. The van der Waals surface area contributed by atoms with Crippen LogP contribution in [0.4, 0.5) is 0 Å². The minimum atomic E-state index is -0.771. The van der Waals surface area contributed by atoms with Crippen molar-refractivity contribution in [3.8, 4) is 5.75 Å². The SMILES string of the molecule is CCOc1ccc(CN2C(=O)CCC2(C)C(=O)NCCC(C)C)cc1. The van der Waals surface area contributed by atoms with Gasteiger partial charge in [0.25, 0.3) is 0 Å². The fraction of sp³-hybridized carbons (Fsp3) is 0.600. The van der Waals surface area contributed by atoms with E-state index in [4.69, 9.17) is 4.74 Å². The molecule has 25 heavy (non-hydrogen) atoms. The lowest BCUT2D eigenvalue weighted by Crippen LogP contribution is -2.54. The molecule has 0 bridgehead atoms. The van der Waals surface area contributed by atoms with Gasteiger partial charge in [-0.05, 0) is 50.3 Å². The molecule has 0 spiro atoms. The van der Waals surface area contributed by atoms with Crippen LogP contribution >= 0.6 is 0 Å². The Hall–Kier alpha value is -2.04. The fourth-order valence-electron chi connectivity index (χ4n) is 3.10. The number of ether oxygens (including phenoxy) is 1. The summed E-state index contributed by atoms with van der Waals surface area (Å²) in [4.78, 5) is 26.8. The third-order valence-corrected chi connectivity index (χ3v) is 4.79. The van der Waals surface area contributed by atoms with E-state index in [1.807, 2.05) is 38.1 Å². The van der Waals surface area contributed by atoms with Gasteiger partial charge < -0.3 is 15.0 Å². The van der Waals surface area contributed by atoms with Gasteiger partial charge in [-0.3, -0.25) is 9.59 Å². The van der Waals surface area contributed by atoms with Crippen LogP contribution in [0.25, 0.3) is 0 Å². The Morgan fingerprint density at radius 1 is 1.32 bits per heavy atom. The van der Waals surface area contributed by atoms with E-state index in [1.54, 1.807) is 4.90 Å². The van der Waals surface area contributed by atoms with Gasteiger partial charge in [0.05, 0.1) is 6.61 Å². The molecule has 5 heteroatoms. The molecule has 1 N–H and O–H groups in total. The van der Waals surface area contributed by atoms with Gasteiger partial charge in [-0.25, -0.2) is 0 Å². The van der Waals surface area contributed by atoms with Crippen molar-refractivity contribution in [2.75, 3.05) is 13.2 Å². The van der Waals surface area contributed by atoms with E-state index in [-0.39, 0.29) is 11.8 Å². The Kier molecular flexibility index (Phi) is 6.45. The van der Waals surface area contributed by atoms with Gasteiger partial charge in [0.1, 0.15) is 11.3 Å². The van der Waals surface area contributed by atoms with Crippen LogP contribution in [0.5, 0.6) is 5.75 Å². The Labute approximate surface area is 150 Å². The molecule has 1 aliphatic rings. The maximum absolute atomic E-state index is 12.7. The van der Waals surface area contributed by atoms with Gasteiger partial charge in [0, 0.05) is 19.5 Å². The Balaban J connectivity index is 2.05. The van der Waals surface area contributed by atoms with E-state index < -0.39 is 5.54 Å². The number of hydrogen-bond donors (Lipinski definition) is 1. The predicted octanol–water partition coefficient (Wildman–Crippen LogP) is 3.13. The van der Waals surface area contributed by atoms with Gasteiger partial charge in [-0.2, -0.15) is 0 Å². The summed E-state index contributed by atoms with van der Waals surface area (Å²) in [6.45, 7) is 9.79. The molecule has 1 fully saturated rings.